The Labute approximate surface area is 68.8 Å². The van der Waals surface area contributed by atoms with Crippen LogP contribution in [0.1, 0.15) is 0 Å². The van der Waals surface area contributed by atoms with Crippen molar-refractivity contribution in [3.8, 4) is 23.0 Å². The van der Waals surface area contributed by atoms with Gasteiger partial charge in [-0.15, -0.1) is 0 Å². The summed E-state index contributed by atoms with van der Waals surface area (Å²) in [5.74, 6) is -2.34. The molecule has 68 valence electrons. The van der Waals surface area contributed by atoms with Crippen molar-refractivity contribution >= 4 is 0 Å². The van der Waals surface area contributed by atoms with Crippen LogP contribution in [-0.4, -0.2) is 32.6 Å². The lowest BCUT2D eigenvalue weighted by molar-refractivity contribution is 0.346. The molecule has 0 aliphatic heterocycles. The summed E-state index contributed by atoms with van der Waals surface area (Å²) < 4.78 is 0. The van der Waals surface area contributed by atoms with Gasteiger partial charge in [-0.3, -0.25) is 0 Å². The average molecular weight is 174 g/mol. The molecule has 5 nitrogen and oxygen atoms in total. The van der Waals surface area contributed by atoms with Gasteiger partial charge in [0.25, 0.3) is 0 Å². The first-order valence-corrected chi connectivity index (χ1v) is 3.00. The van der Waals surface area contributed by atoms with E-state index in [1.165, 1.54) is 0 Å². The molecule has 1 aromatic carbocycles. The van der Waals surface area contributed by atoms with Crippen LogP contribution in [0.5, 0.6) is 23.0 Å². The highest BCUT2D eigenvalue weighted by Crippen LogP contribution is 2.40. The molecule has 1 rings (SSSR count). The normalized spacial score (nSPS) is 8.50. The zero-order valence-corrected chi connectivity index (χ0v) is 6.39. The molecule has 12 heavy (non-hydrogen) atoms. The molecular formula is C7H10O5. The highest BCUT2D eigenvalue weighted by Gasteiger charge is 2.08. The molecule has 0 saturated heterocycles. The number of hydrogen-bond donors (Lipinski definition) is 5. The Bertz CT molecular complexity index is 231. The fourth-order valence-electron chi connectivity index (χ4n) is 0.558. The van der Waals surface area contributed by atoms with Crippen molar-refractivity contribution in [3.63, 3.8) is 0 Å². The maximum Gasteiger partial charge on any atom is 0.204 e. The molecule has 1 aromatic rings. The van der Waals surface area contributed by atoms with Crippen molar-refractivity contribution in [3.05, 3.63) is 12.1 Å². The van der Waals surface area contributed by atoms with Gasteiger partial charge in [0.1, 0.15) is 0 Å². The Morgan fingerprint density at radius 3 is 1.25 bits per heavy atom. The van der Waals surface area contributed by atoms with Crippen LogP contribution in [0.2, 0.25) is 0 Å². The third-order valence-corrected chi connectivity index (χ3v) is 1.11. The number of aliphatic hydroxyl groups excluding tert-OH is 1. The smallest absolute Gasteiger partial charge is 0.204 e. The van der Waals surface area contributed by atoms with Crippen molar-refractivity contribution in [1.82, 2.24) is 0 Å². The minimum absolute atomic E-state index is 0.463. The van der Waals surface area contributed by atoms with Crippen LogP contribution in [0.15, 0.2) is 12.1 Å². The minimum Gasteiger partial charge on any atom is -0.504 e. The lowest BCUT2D eigenvalue weighted by atomic mass is 10.3. The van der Waals surface area contributed by atoms with Crippen LogP contribution >= 0.6 is 0 Å². The summed E-state index contributed by atoms with van der Waals surface area (Å²) in [6, 6.07) is 2.15. The van der Waals surface area contributed by atoms with E-state index >= 15 is 0 Å². The Morgan fingerprint density at radius 1 is 0.750 bits per heavy atom. The van der Waals surface area contributed by atoms with E-state index in [1.54, 1.807) is 0 Å². The summed E-state index contributed by atoms with van der Waals surface area (Å²) >= 11 is 0. The highest BCUT2D eigenvalue weighted by molar-refractivity contribution is 5.55. The molecule has 5 heteroatoms. The van der Waals surface area contributed by atoms with E-state index in [9.17, 15) is 0 Å². The predicted octanol–water partition coefficient (Wildman–Crippen LogP) is 0.117. The van der Waals surface area contributed by atoms with Crippen molar-refractivity contribution < 1.29 is 25.5 Å². The second-order valence-electron chi connectivity index (χ2n) is 1.80. The summed E-state index contributed by atoms with van der Waals surface area (Å²) in [6.07, 6.45) is 0. The molecule has 0 aliphatic carbocycles. The van der Waals surface area contributed by atoms with Crippen LogP contribution in [0.4, 0.5) is 0 Å². The Hall–Kier alpha value is -1.62. The van der Waals surface area contributed by atoms with E-state index < -0.39 is 23.0 Å². The molecule has 0 atom stereocenters. The van der Waals surface area contributed by atoms with E-state index in [0.717, 1.165) is 19.2 Å². The van der Waals surface area contributed by atoms with E-state index in [0.29, 0.717) is 0 Å². The second kappa shape index (κ2) is 4.30. The number of phenols is 4. The monoisotopic (exact) mass is 174 g/mol. The number of rotatable bonds is 0. The van der Waals surface area contributed by atoms with Gasteiger partial charge in [-0.2, -0.15) is 0 Å². The molecule has 0 unspecified atom stereocenters. The van der Waals surface area contributed by atoms with Gasteiger partial charge < -0.3 is 25.5 Å². The average Bonchev–Trinajstić information content (AvgIpc) is 2.12. The maximum absolute atomic E-state index is 8.73. The third-order valence-electron chi connectivity index (χ3n) is 1.11. The van der Waals surface area contributed by atoms with Gasteiger partial charge in [0.05, 0.1) is 0 Å². The molecule has 0 spiro atoms. The van der Waals surface area contributed by atoms with Gasteiger partial charge in [-0.25, -0.2) is 0 Å². The van der Waals surface area contributed by atoms with Gasteiger partial charge in [0, 0.05) is 7.11 Å². The fraction of sp³-hybridized carbons (Fsp3) is 0.143. The topological polar surface area (TPSA) is 101 Å². The first kappa shape index (κ1) is 10.4. The van der Waals surface area contributed by atoms with E-state index in [1.807, 2.05) is 0 Å². The largest absolute Gasteiger partial charge is 0.504 e. The van der Waals surface area contributed by atoms with Crippen LogP contribution < -0.4 is 0 Å². The zero-order chi connectivity index (χ0) is 9.72. The third kappa shape index (κ3) is 1.93. The minimum atomic E-state index is -0.708. The predicted molar refractivity (Wildman–Crippen MR) is 41.2 cm³/mol. The van der Waals surface area contributed by atoms with Crippen molar-refractivity contribution in [2.45, 2.75) is 0 Å². The van der Waals surface area contributed by atoms with Crippen LogP contribution in [-0.2, 0) is 0 Å². The molecule has 0 fully saturated rings. The second-order valence-corrected chi connectivity index (χ2v) is 1.80. The standard InChI is InChI=1S/C6H6O4.CH4O/c7-3-1-2-4(8)6(10)5(3)9;1-2/h1-2,7-10H;2H,1H3. The first-order chi connectivity index (χ1) is 5.63. The van der Waals surface area contributed by atoms with E-state index in [4.69, 9.17) is 25.5 Å². The lowest BCUT2D eigenvalue weighted by Gasteiger charge is -2.00. The van der Waals surface area contributed by atoms with Crippen molar-refractivity contribution in [1.29, 1.82) is 0 Å². The molecule has 0 heterocycles. The summed E-state index contributed by atoms with van der Waals surface area (Å²) in [5.41, 5.74) is 0. The van der Waals surface area contributed by atoms with Gasteiger partial charge in [-0.1, -0.05) is 0 Å². The molecule has 5 N–H and O–H groups in total. The van der Waals surface area contributed by atoms with Crippen LogP contribution in [0.25, 0.3) is 0 Å². The summed E-state index contributed by atoms with van der Waals surface area (Å²) in [5, 5.41) is 41.9. The number of benzene rings is 1. The van der Waals surface area contributed by atoms with E-state index in [2.05, 4.69) is 0 Å². The molecular weight excluding hydrogens is 164 g/mol. The Kier molecular flexibility index (Phi) is 3.72. The Morgan fingerprint density at radius 2 is 1.00 bits per heavy atom. The van der Waals surface area contributed by atoms with E-state index in [-0.39, 0.29) is 0 Å². The van der Waals surface area contributed by atoms with Gasteiger partial charge in [0.15, 0.2) is 11.5 Å². The SMILES string of the molecule is CO.Oc1ccc(O)c(O)c1O. The molecule has 0 saturated carbocycles. The zero-order valence-electron chi connectivity index (χ0n) is 6.39. The van der Waals surface area contributed by atoms with Gasteiger partial charge >= 0.3 is 0 Å². The quantitative estimate of drug-likeness (QED) is 0.284. The van der Waals surface area contributed by atoms with Crippen LogP contribution in [0, 0.1) is 0 Å². The molecule has 0 aliphatic rings. The van der Waals surface area contributed by atoms with Gasteiger partial charge in [-0.05, 0) is 12.1 Å². The molecule has 0 amide bonds. The summed E-state index contributed by atoms with van der Waals surface area (Å²) in [7, 11) is 1.00. The first-order valence-electron chi connectivity index (χ1n) is 3.00. The fourth-order valence-corrected chi connectivity index (χ4v) is 0.558. The molecule has 0 aromatic heterocycles. The molecule has 0 bridgehead atoms. The summed E-state index contributed by atoms with van der Waals surface area (Å²) in [6.45, 7) is 0. The van der Waals surface area contributed by atoms with Crippen molar-refractivity contribution in [2.75, 3.05) is 7.11 Å². The highest BCUT2D eigenvalue weighted by atomic mass is 16.3. The Balaban J connectivity index is 0.000000561. The van der Waals surface area contributed by atoms with Gasteiger partial charge in [0.2, 0.25) is 11.5 Å². The van der Waals surface area contributed by atoms with Crippen molar-refractivity contribution in [2.24, 2.45) is 0 Å². The summed E-state index contributed by atoms with van der Waals surface area (Å²) in [4.78, 5) is 0. The maximum atomic E-state index is 8.73. The lowest BCUT2D eigenvalue weighted by Crippen LogP contribution is -1.71. The number of phenolic OH excluding ortho intramolecular Hbond substituents is 4. The number of aromatic hydroxyl groups is 4. The molecule has 0 radical (unpaired) electrons. The number of hydrogen-bond acceptors (Lipinski definition) is 5. The van der Waals surface area contributed by atoms with Crippen LogP contribution in [0.3, 0.4) is 0 Å². The number of aliphatic hydroxyl groups is 1.